The summed E-state index contributed by atoms with van der Waals surface area (Å²) in [6, 6.07) is 22.9. The molecule has 1 heterocycles. The van der Waals surface area contributed by atoms with Gasteiger partial charge in [-0.1, -0.05) is 0 Å². The van der Waals surface area contributed by atoms with Gasteiger partial charge in [0.25, 0.3) is 0 Å². The van der Waals surface area contributed by atoms with Gasteiger partial charge in [0.15, 0.2) is 0 Å². The van der Waals surface area contributed by atoms with Gasteiger partial charge >= 0.3 is 216 Å². The Kier molecular flexibility index (Phi) is 14.8. The Morgan fingerprint density at radius 3 is 2.12 bits per heavy atom. The Morgan fingerprint density at radius 1 is 0.775 bits per heavy atom. The molecule has 0 saturated carbocycles. The molecular formula is C29H41IN8S2. The fourth-order valence-corrected chi connectivity index (χ4v) is 8.60. The number of anilines is 5. The van der Waals surface area contributed by atoms with Crippen LogP contribution in [0, 0.1) is 0 Å². The number of aryl methyl sites for hydroxylation is 1. The zero-order valence-corrected chi connectivity index (χ0v) is 27.4. The van der Waals surface area contributed by atoms with Crippen molar-refractivity contribution in [2.45, 2.75) is 6.54 Å². The fraction of sp³-hybridized carbons (Fsp3) is 0.276. The van der Waals surface area contributed by atoms with Crippen molar-refractivity contribution in [3.63, 3.8) is 0 Å². The number of halogens is 1. The Labute approximate surface area is 258 Å². The topological polar surface area (TPSA) is 70.5 Å². The molecule has 3 rings (SSSR count). The number of benzene rings is 2. The number of allylic oxidation sites excluding steroid dienone is 2. The molecule has 0 fully saturated rings. The number of hydrogen-bond donors (Lipinski definition) is 5. The van der Waals surface area contributed by atoms with Gasteiger partial charge in [-0.25, -0.2) is 0 Å². The average Bonchev–Trinajstić information content (AvgIpc) is 2.97. The van der Waals surface area contributed by atoms with Crippen molar-refractivity contribution in [3.05, 3.63) is 97.4 Å². The van der Waals surface area contributed by atoms with Crippen molar-refractivity contribution in [2.75, 3.05) is 70.3 Å². The molecule has 0 amide bonds. The number of nitrogens with zero attached hydrogens (tertiary/aromatic N) is 3. The Hall–Kier alpha value is -2.74. The zero-order valence-electron chi connectivity index (χ0n) is 23.6. The molecule has 11 heteroatoms. The predicted molar refractivity (Wildman–Crippen MR) is 173 cm³/mol. The molecule has 0 radical (unpaired) electrons. The van der Waals surface area contributed by atoms with Crippen LogP contribution in [0.4, 0.5) is 28.6 Å². The van der Waals surface area contributed by atoms with E-state index in [1.54, 1.807) is 0 Å². The molecular weight excluding hydrogens is 651 g/mol. The molecule has 0 unspecified atom stereocenters. The monoisotopic (exact) mass is 692 g/mol. The van der Waals surface area contributed by atoms with Gasteiger partial charge in [-0.05, 0) is 0 Å². The summed E-state index contributed by atoms with van der Waals surface area (Å²) in [4.78, 5) is 4.18. The molecule has 0 aliphatic rings. The summed E-state index contributed by atoms with van der Waals surface area (Å²) < 4.78 is 6.85. The standard InChI is InChI=1S/C29H40IN8S2/c1-36(2)27-15-11-25(12-16-27)33-32-20-8-5-7-19-31-30-24-40-39-23-22-38-21-9-6-10-29(38)35-34-26-13-17-28(18-14-26)37(3)4/h5-19,21,31-34H,20,22-24H2,1-4H3/q-1/p+1. The van der Waals surface area contributed by atoms with E-state index in [0.717, 1.165) is 39.8 Å². The molecule has 0 spiro atoms. The zero-order chi connectivity index (χ0) is 28.4. The Bertz CT molecular complexity index is 1170. The Balaban J connectivity index is 1.21. The third kappa shape index (κ3) is 12.2. The summed E-state index contributed by atoms with van der Waals surface area (Å²) in [5.74, 6) is 2.09. The molecule has 0 saturated heterocycles. The van der Waals surface area contributed by atoms with Crippen LogP contribution in [0.15, 0.2) is 97.4 Å². The van der Waals surface area contributed by atoms with Crippen LogP contribution in [0.1, 0.15) is 0 Å². The van der Waals surface area contributed by atoms with E-state index in [4.69, 9.17) is 0 Å². The van der Waals surface area contributed by atoms with E-state index in [-0.39, 0.29) is 21.5 Å². The van der Waals surface area contributed by atoms with E-state index >= 15 is 0 Å². The summed E-state index contributed by atoms with van der Waals surface area (Å²) >= 11 is -0.0536. The number of aromatic nitrogens is 1. The van der Waals surface area contributed by atoms with Gasteiger partial charge in [0.2, 0.25) is 0 Å². The minimum absolute atomic E-state index is 0.0536. The van der Waals surface area contributed by atoms with Crippen molar-refractivity contribution < 1.29 is 26.0 Å². The van der Waals surface area contributed by atoms with E-state index in [9.17, 15) is 0 Å². The van der Waals surface area contributed by atoms with E-state index < -0.39 is 0 Å². The first-order valence-corrected chi connectivity index (χ1v) is 18.1. The van der Waals surface area contributed by atoms with Crippen LogP contribution in [-0.4, -0.2) is 44.2 Å². The number of nitrogens with one attached hydrogen (secondary N) is 5. The number of hydrogen-bond acceptors (Lipinski definition) is 9. The second-order valence-electron chi connectivity index (χ2n) is 9.00. The van der Waals surface area contributed by atoms with E-state index in [1.165, 1.54) is 11.4 Å². The molecule has 8 nitrogen and oxygen atoms in total. The fourth-order valence-electron chi connectivity index (χ4n) is 3.38. The van der Waals surface area contributed by atoms with Gasteiger partial charge in [0.1, 0.15) is 0 Å². The quantitative estimate of drug-likeness (QED) is 0.0202. The summed E-state index contributed by atoms with van der Waals surface area (Å²) in [5.41, 5.74) is 17.5. The van der Waals surface area contributed by atoms with Crippen molar-refractivity contribution in [2.24, 2.45) is 0 Å². The van der Waals surface area contributed by atoms with E-state index in [0.29, 0.717) is 0 Å². The molecule has 0 bridgehead atoms. The molecule has 1 aromatic heterocycles. The van der Waals surface area contributed by atoms with E-state index in [1.807, 2.05) is 56.0 Å². The van der Waals surface area contributed by atoms with Gasteiger partial charge in [0.05, 0.1) is 0 Å². The second kappa shape index (κ2) is 18.6. The van der Waals surface area contributed by atoms with Crippen molar-refractivity contribution in [1.29, 1.82) is 0 Å². The molecule has 5 N–H and O–H groups in total. The van der Waals surface area contributed by atoms with Crippen LogP contribution < -0.4 is 61.1 Å². The predicted octanol–water partition coefficient (Wildman–Crippen LogP) is 2.16. The summed E-state index contributed by atoms with van der Waals surface area (Å²) in [6.45, 7) is 1.70. The second-order valence-corrected chi connectivity index (χ2v) is 14.8. The van der Waals surface area contributed by atoms with Crippen LogP contribution >= 0.6 is 21.6 Å². The van der Waals surface area contributed by atoms with Gasteiger partial charge in [-0.2, -0.15) is 0 Å². The number of alkyl halides is 1. The van der Waals surface area contributed by atoms with Gasteiger partial charge < -0.3 is 9.80 Å². The molecule has 3 aromatic rings. The van der Waals surface area contributed by atoms with Crippen LogP contribution in [-0.2, 0) is 6.54 Å². The Morgan fingerprint density at radius 2 is 1.45 bits per heavy atom. The molecule has 0 aliphatic heterocycles. The average molecular weight is 693 g/mol. The maximum atomic E-state index is 3.45. The third-order valence-electron chi connectivity index (χ3n) is 5.58. The van der Waals surface area contributed by atoms with Crippen molar-refractivity contribution in [1.82, 2.24) is 8.96 Å². The number of hydrazine groups is 2. The van der Waals surface area contributed by atoms with Crippen LogP contribution in [0.25, 0.3) is 0 Å². The first-order chi connectivity index (χ1) is 19.5. The SMILES string of the molecule is CN(C)c1ccc(NNCC=CC=CN[I-]CSSCC[n+]2ccccc2NNc2ccc(N(C)C)cc2)cc1. The van der Waals surface area contributed by atoms with Gasteiger partial charge in [-0.15, -0.1) is 0 Å². The van der Waals surface area contributed by atoms with E-state index in [2.05, 4.69) is 131 Å². The van der Waals surface area contributed by atoms with Crippen molar-refractivity contribution in [3.8, 4) is 0 Å². The van der Waals surface area contributed by atoms with Crippen LogP contribution in [0.3, 0.4) is 0 Å². The molecule has 2 aromatic carbocycles. The first-order valence-electron chi connectivity index (χ1n) is 13.0. The van der Waals surface area contributed by atoms with Crippen LogP contribution in [0.5, 0.6) is 0 Å². The number of rotatable bonds is 18. The summed E-state index contributed by atoms with van der Waals surface area (Å²) in [6.07, 6.45) is 10.4. The molecule has 216 valence electrons. The number of pyridine rings is 1. The summed E-state index contributed by atoms with van der Waals surface area (Å²) in [7, 11) is 12.0. The van der Waals surface area contributed by atoms with Crippen LogP contribution in [0.2, 0.25) is 0 Å². The molecule has 0 aliphatic carbocycles. The molecule has 40 heavy (non-hydrogen) atoms. The van der Waals surface area contributed by atoms with Gasteiger partial charge in [-0.3, -0.25) is 0 Å². The molecule has 0 atom stereocenters. The third-order valence-corrected chi connectivity index (χ3v) is 11.6. The summed E-state index contributed by atoms with van der Waals surface area (Å²) in [5, 5.41) is 0. The minimum atomic E-state index is -0.0536. The first kappa shape index (κ1) is 31.8. The normalized spacial score (nSPS) is 11.2. The van der Waals surface area contributed by atoms with Gasteiger partial charge in [0, 0.05) is 33.9 Å². The van der Waals surface area contributed by atoms with Crippen molar-refractivity contribution >= 4 is 50.2 Å². The maximum absolute atomic E-state index is 3.45.